The van der Waals surface area contributed by atoms with E-state index >= 15 is 0 Å². The quantitative estimate of drug-likeness (QED) is 0.481. The van der Waals surface area contributed by atoms with E-state index in [9.17, 15) is 0 Å². The molecule has 0 radical (unpaired) electrons. The minimum Gasteiger partial charge on any atom is -0.316 e. The summed E-state index contributed by atoms with van der Waals surface area (Å²) in [5.41, 5.74) is 1.39. The van der Waals surface area contributed by atoms with Crippen molar-refractivity contribution in [1.29, 1.82) is 0 Å². The molecule has 1 atom stereocenters. The Bertz CT molecular complexity index is 544. The molecule has 0 aliphatic heterocycles. The number of benzene rings is 2. The average molecular weight is 462 g/mol. The van der Waals surface area contributed by atoms with Crippen LogP contribution in [0.1, 0.15) is 5.56 Å². The molecule has 0 aliphatic rings. The van der Waals surface area contributed by atoms with Gasteiger partial charge < -0.3 is 5.32 Å². The molecule has 4 heteroatoms. The van der Waals surface area contributed by atoms with Crippen LogP contribution in [0, 0.1) is 3.57 Å². The summed E-state index contributed by atoms with van der Waals surface area (Å²) in [5, 5.41) is 3.42. The Morgan fingerprint density at radius 2 is 1.85 bits per heavy atom. The van der Waals surface area contributed by atoms with Crippen molar-refractivity contribution in [3.05, 3.63) is 62.1 Å². The Kier molecular flexibility index (Phi) is 6.87. The fourth-order valence-electron chi connectivity index (χ4n) is 1.90. The highest BCUT2D eigenvalue weighted by Crippen LogP contribution is 2.27. The van der Waals surface area contributed by atoms with E-state index in [0.29, 0.717) is 6.04 Å². The van der Waals surface area contributed by atoms with Crippen LogP contribution in [0.25, 0.3) is 0 Å². The van der Waals surface area contributed by atoms with Crippen molar-refractivity contribution in [2.24, 2.45) is 0 Å². The molecule has 1 unspecified atom stereocenters. The van der Waals surface area contributed by atoms with Crippen molar-refractivity contribution in [2.45, 2.75) is 17.4 Å². The molecular formula is C16H17BrINS. The Morgan fingerprint density at radius 3 is 2.50 bits per heavy atom. The highest BCUT2D eigenvalue weighted by Gasteiger charge is 2.09. The maximum absolute atomic E-state index is 3.60. The normalized spacial score (nSPS) is 12.3. The van der Waals surface area contributed by atoms with Gasteiger partial charge >= 0.3 is 0 Å². The number of nitrogens with one attached hydrogen (secondary N) is 1. The molecule has 2 rings (SSSR count). The standard InChI is InChI=1S/C16H17BrINS/c1-19-14(10-12-6-8-13(18)9-7-12)11-20-16-5-3-2-4-15(16)17/h2-9,14,19H,10-11H2,1H3. The lowest BCUT2D eigenvalue weighted by molar-refractivity contribution is 0.617. The summed E-state index contributed by atoms with van der Waals surface area (Å²) >= 11 is 7.83. The van der Waals surface area contributed by atoms with E-state index in [0.717, 1.165) is 12.2 Å². The minimum absolute atomic E-state index is 0.479. The first-order chi connectivity index (χ1) is 9.69. The highest BCUT2D eigenvalue weighted by atomic mass is 127. The second-order valence-corrected chi connectivity index (χ2v) is 7.72. The number of hydrogen-bond acceptors (Lipinski definition) is 2. The monoisotopic (exact) mass is 461 g/mol. The Hall–Kier alpha value is -0.0400. The molecule has 2 aromatic carbocycles. The summed E-state index contributed by atoms with van der Waals surface area (Å²) in [6.45, 7) is 0. The van der Waals surface area contributed by atoms with Crippen LogP contribution in [-0.2, 0) is 6.42 Å². The number of thioether (sulfide) groups is 1. The smallest absolute Gasteiger partial charge is 0.0311 e. The summed E-state index contributed by atoms with van der Waals surface area (Å²) < 4.78 is 2.46. The van der Waals surface area contributed by atoms with Gasteiger partial charge in [-0.3, -0.25) is 0 Å². The van der Waals surface area contributed by atoms with Crippen molar-refractivity contribution in [3.8, 4) is 0 Å². The predicted molar refractivity (Wildman–Crippen MR) is 101 cm³/mol. The molecule has 1 N–H and O–H groups in total. The van der Waals surface area contributed by atoms with Crippen molar-refractivity contribution >= 4 is 50.3 Å². The Morgan fingerprint density at radius 1 is 1.15 bits per heavy atom. The van der Waals surface area contributed by atoms with Crippen molar-refractivity contribution in [2.75, 3.05) is 12.8 Å². The second-order valence-electron chi connectivity index (χ2n) is 4.56. The van der Waals surface area contributed by atoms with Crippen LogP contribution in [0.3, 0.4) is 0 Å². The summed E-state index contributed by atoms with van der Waals surface area (Å²) in [4.78, 5) is 1.30. The maximum atomic E-state index is 3.60. The van der Waals surface area contributed by atoms with Crippen LogP contribution in [-0.4, -0.2) is 18.8 Å². The lowest BCUT2D eigenvalue weighted by Crippen LogP contribution is -2.30. The zero-order chi connectivity index (χ0) is 14.4. The largest absolute Gasteiger partial charge is 0.316 e. The van der Waals surface area contributed by atoms with E-state index in [1.54, 1.807) is 0 Å². The summed E-state index contributed by atoms with van der Waals surface area (Å²) in [6.07, 6.45) is 1.06. The summed E-state index contributed by atoms with van der Waals surface area (Å²) in [7, 11) is 2.04. The number of halogens is 2. The molecular weight excluding hydrogens is 445 g/mol. The van der Waals surface area contributed by atoms with Gasteiger partial charge in [-0.1, -0.05) is 24.3 Å². The van der Waals surface area contributed by atoms with Crippen LogP contribution in [0.2, 0.25) is 0 Å². The molecule has 0 bridgehead atoms. The van der Waals surface area contributed by atoms with Crippen molar-refractivity contribution in [1.82, 2.24) is 5.32 Å². The number of hydrogen-bond donors (Lipinski definition) is 1. The predicted octanol–water partition coefficient (Wildman–Crippen LogP) is 4.98. The molecule has 106 valence electrons. The van der Waals surface area contributed by atoms with Gasteiger partial charge in [-0.15, -0.1) is 11.8 Å². The fraction of sp³-hybridized carbons (Fsp3) is 0.250. The zero-order valence-corrected chi connectivity index (χ0v) is 15.8. The van der Waals surface area contributed by atoms with Gasteiger partial charge in [0.25, 0.3) is 0 Å². The van der Waals surface area contributed by atoms with E-state index in [-0.39, 0.29) is 0 Å². The van der Waals surface area contributed by atoms with Crippen molar-refractivity contribution < 1.29 is 0 Å². The number of rotatable bonds is 6. The highest BCUT2D eigenvalue weighted by molar-refractivity contribution is 14.1. The first-order valence-corrected chi connectivity index (χ1v) is 9.34. The molecule has 0 spiro atoms. The van der Waals surface area contributed by atoms with Gasteiger partial charge in [0.1, 0.15) is 0 Å². The molecule has 0 fully saturated rings. The first-order valence-electron chi connectivity index (χ1n) is 6.48. The lowest BCUT2D eigenvalue weighted by atomic mass is 10.1. The zero-order valence-electron chi connectivity index (χ0n) is 11.3. The number of likely N-dealkylation sites (N-methyl/N-ethyl adjacent to an activating group) is 1. The molecule has 0 amide bonds. The van der Waals surface area contributed by atoms with Gasteiger partial charge in [0.05, 0.1) is 0 Å². The maximum Gasteiger partial charge on any atom is 0.0311 e. The fourth-order valence-corrected chi connectivity index (χ4v) is 3.94. The summed E-state index contributed by atoms with van der Waals surface area (Å²) in [5.74, 6) is 1.06. The average Bonchev–Trinajstić information content (AvgIpc) is 2.47. The van der Waals surface area contributed by atoms with E-state index in [2.05, 4.69) is 92.4 Å². The molecule has 0 aromatic heterocycles. The van der Waals surface area contributed by atoms with Crippen LogP contribution in [0.4, 0.5) is 0 Å². The SMILES string of the molecule is CNC(CSc1ccccc1Br)Cc1ccc(I)cc1. The van der Waals surface area contributed by atoms with E-state index in [1.165, 1.54) is 18.5 Å². The summed E-state index contributed by atoms with van der Waals surface area (Å²) in [6, 6.07) is 17.6. The Balaban J connectivity index is 1.92. The van der Waals surface area contributed by atoms with Gasteiger partial charge in [-0.05, 0) is 81.8 Å². The van der Waals surface area contributed by atoms with Crippen molar-refractivity contribution in [3.63, 3.8) is 0 Å². The van der Waals surface area contributed by atoms with Gasteiger partial charge in [0.2, 0.25) is 0 Å². The van der Waals surface area contributed by atoms with Crippen LogP contribution in [0.15, 0.2) is 57.9 Å². The molecule has 0 saturated heterocycles. The van der Waals surface area contributed by atoms with Crippen LogP contribution in [0.5, 0.6) is 0 Å². The third kappa shape index (κ3) is 5.06. The molecule has 0 aliphatic carbocycles. The van der Waals surface area contributed by atoms with Crippen LogP contribution >= 0.6 is 50.3 Å². The van der Waals surface area contributed by atoms with E-state index in [4.69, 9.17) is 0 Å². The molecule has 20 heavy (non-hydrogen) atoms. The molecule has 2 aromatic rings. The van der Waals surface area contributed by atoms with Gasteiger partial charge in [-0.2, -0.15) is 0 Å². The minimum atomic E-state index is 0.479. The van der Waals surface area contributed by atoms with Gasteiger partial charge in [-0.25, -0.2) is 0 Å². The topological polar surface area (TPSA) is 12.0 Å². The van der Waals surface area contributed by atoms with E-state index < -0.39 is 0 Å². The van der Waals surface area contributed by atoms with E-state index in [1.807, 2.05) is 18.8 Å². The molecule has 1 nitrogen and oxygen atoms in total. The Labute approximate surface area is 147 Å². The second kappa shape index (κ2) is 8.41. The van der Waals surface area contributed by atoms with Gasteiger partial charge in [0, 0.05) is 24.7 Å². The third-order valence-electron chi connectivity index (χ3n) is 3.08. The third-order valence-corrected chi connectivity index (χ3v) is 5.99. The lowest BCUT2D eigenvalue weighted by Gasteiger charge is -2.16. The van der Waals surface area contributed by atoms with Crippen LogP contribution < -0.4 is 5.32 Å². The molecule has 0 heterocycles. The van der Waals surface area contributed by atoms with Gasteiger partial charge in [0.15, 0.2) is 0 Å². The first kappa shape index (κ1) is 16.3. The molecule has 0 saturated carbocycles.